The fourth-order valence-electron chi connectivity index (χ4n) is 1.83. The number of nitrogens with one attached hydrogen (secondary N) is 1. The standard InChI is InChI=1S/C14H18ClN3/c1-2-16-8-7-12-3-5-13(6-4-12)10-18-11-14(15)9-17-18/h3-6,9,11,16H,2,7-8,10H2,1H3. The molecule has 18 heavy (non-hydrogen) atoms. The van der Waals surface area contributed by atoms with E-state index in [-0.39, 0.29) is 0 Å². The van der Waals surface area contributed by atoms with E-state index in [1.165, 1.54) is 11.1 Å². The molecule has 0 saturated heterocycles. The van der Waals surface area contributed by atoms with Gasteiger partial charge in [-0.05, 0) is 30.6 Å². The highest BCUT2D eigenvalue weighted by Gasteiger charge is 1.98. The monoisotopic (exact) mass is 263 g/mol. The van der Waals surface area contributed by atoms with Crippen LogP contribution in [0.1, 0.15) is 18.1 Å². The minimum atomic E-state index is 0.678. The average molecular weight is 264 g/mol. The molecule has 1 heterocycles. The molecule has 0 radical (unpaired) electrons. The van der Waals surface area contributed by atoms with Gasteiger partial charge < -0.3 is 5.32 Å². The summed E-state index contributed by atoms with van der Waals surface area (Å²) in [6.07, 6.45) is 4.56. The second-order valence-electron chi connectivity index (χ2n) is 4.28. The summed E-state index contributed by atoms with van der Waals surface area (Å²) in [6, 6.07) is 8.66. The van der Waals surface area contributed by atoms with Gasteiger partial charge in [-0.2, -0.15) is 5.10 Å². The smallest absolute Gasteiger partial charge is 0.0785 e. The molecule has 0 spiro atoms. The quantitative estimate of drug-likeness (QED) is 0.813. The van der Waals surface area contributed by atoms with Crippen molar-refractivity contribution in [2.24, 2.45) is 0 Å². The van der Waals surface area contributed by atoms with E-state index in [4.69, 9.17) is 11.6 Å². The van der Waals surface area contributed by atoms with Crippen LogP contribution in [0.2, 0.25) is 5.02 Å². The third kappa shape index (κ3) is 3.86. The summed E-state index contributed by atoms with van der Waals surface area (Å²) >= 11 is 5.83. The van der Waals surface area contributed by atoms with Crippen LogP contribution < -0.4 is 5.32 Å². The molecule has 0 atom stereocenters. The number of likely N-dealkylation sites (N-methyl/N-ethyl adjacent to an activating group) is 1. The van der Waals surface area contributed by atoms with Crippen LogP contribution in [0.25, 0.3) is 0 Å². The lowest BCUT2D eigenvalue weighted by molar-refractivity contribution is 0.685. The van der Waals surface area contributed by atoms with Crippen molar-refractivity contribution in [3.05, 3.63) is 52.8 Å². The van der Waals surface area contributed by atoms with Gasteiger partial charge in [0.25, 0.3) is 0 Å². The summed E-state index contributed by atoms with van der Waals surface area (Å²) in [5, 5.41) is 8.17. The zero-order chi connectivity index (χ0) is 12.8. The molecular formula is C14H18ClN3. The van der Waals surface area contributed by atoms with Crippen LogP contribution in [0.3, 0.4) is 0 Å². The number of halogens is 1. The van der Waals surface area contributed by atoms with Gasteiger partial charge >= 0.3 is 0 Å². The van der Waals surface area contributed by atoms with E-state index < -0.39 is 0 Å². The first-order valence-electron chi connectivity index (χ1n) is 6.24. The summed E-state index contributed by atoms with van der Waals surface area (Å²) in [6.45, 7) is 4.95. The molecule has 2 aromatic rings. The molecule has 4 heteroatoms. The molecule has 0 aliphatic carbocycles. The van der Waals surface area contributed by atoms with Crippen molar-refractivity contribution in [1.29, 1.82) is 0 Å². The summed E-state index contributed by atoms with van der Waals surface area (Å²) in [5.74, 6) is 0. The maximum absolute atomic E-state index is 5.83. The van der Waals surface area contributed by atoms with Crippen LogP contribution in [0.4, 0.5) is 0 Å². The number of aromatic nitrogens is 2. The van der Waals surface area contributed by atoms with Gasteiger partial charge in [-0.25, -0.2) is 0 Å². The summed E-state index contributed by atoms with van der Waals surface area (Å²) in [5.41, 5.74) is 2.60. The Hall–Kier alpha value is -1.32. The molecule has 96 valence electrons. The minimum Gasteiger partial charge on any atom is -0.317 e. The lowest BCUT2D eigenvalue weighted by atomic mass is 10.1. The van der Waals surface area contributed by atoms with Gasteiger partial charge in [-0.1, -0.05) is 42.8 Å². The van der Waals surface area contributed by atoms with Gasteiger partial charge in [0.2, 0.25) is 0 Å². The van der Waals surface area contributed by atoms with Crippen LogP contribution in [-0.2, 0) is 13.0 Å². The largest absolute Gasteiger partial charge is 0.317 e. The number of nitrogens with zero attached hydrogens (tertiary/aromatic N) is 2. The highest BCUT2D eigenvalue weighted by molar-refractivity contribution is 6.30. The predicted octanol–water partition coefficient (Wildman–Crippen LogP) is 2.74. The Kier molecular flexibility index (Phi) is 4.79. The second kappa shape index (κ2) is 6.57. The molecule has 1 aromatic carbocycles. The zero-order valence-electron chi connectivity index (χ0n) is 10.6. The predicted molar refractivity (Wildman–Crippen MR) is 75.0 cm³/mol. The molecule has 0 aliphatic heterocycles. The van der Waals surface area contributed by atoms with Crippen LogP contribution in [0.15, 0.2) is 36.7 Å². The molecular weight excluding hydrogens is 246 g/mol. The van der Waals surface area contributed by atoms with Gasteiger partial charge in [0.1, 0.15) is 0 Å². The molecule has 0 unspecified atom stereocenters. The van der Waals surface area contributed by atoms with E-state index in [9.17, 15) is 0 Å². The van der Waals surface area contributed by atoms with Crippen molar-refractivity contribution >= 4 is 11.6 Å². The van der Waals surface area contributed by atoms with Crippen molar-refractivity contribution in [2.75, 3.05) is 13.1 Å². The van der Waals surface area contributed by atoms with Gasteiger partial charge in [0.05, 0.1) is 17.8 Å². The zero-order valence-corrected chi connectivity index (χ0v) is 11.3. The first-order valence-corrected chi connectivity index (χ1v) is 6.62. The van der Waals surface area contributed by atoms with Crippen molar-refractivity contribution in [2.45, 2.75) is 19.9 Å². The van der Waals surface area contributed by atoms with E-state index in [1.807, 2.05) is 10.9 Å². The van der Waals surface area contributed by atoms with Gasteiger partial charge in [0, 0.05) is 6.20 Å². The summed E-state index contributed by atoms with van der Waals surface area (Å²) in [4.78, 5) is 0. The average Bonchev–Trinajstić information content (AvgIpc) is 2.77. The molecule has 2 rings (SSSR count). The summed E-state index contributed by atoms with van der Waals surface area (Å²) < 4.78 is 1.84. The van der Waals surface area contributed by atoms with Crippen LogP contribution in [0, 0.1) is 0 Å². The van der Waals surface area contributed by atoms with E-state index in [0.717, 1.165) is 26.1 Å². The van der Waals surface area contributed by atoms with E-state index in [0.29, 0.717) is 5.02 Å². The van der Waals surface area contributed by atoms with Crippen molar-refractivity contribution < 1.29 is 0 Å². The normalized spacial score (nSPS) is 10.8. The fourth-order valence-corrected chi connectivity index (χ4v) is 1.99. The Morgan fingerprint density at radius 2 is 1.94 bits per heavy atom. The van der Waals surface area contributed by atoms with Crippen LogP contribution >= 0.6 is 11.6 Å². The number of hydrogen-bond acceptors (Lipinski definition) is 2. The minimum absolute atomic E-state index is 0.678. The lowest BCUT2D eigenvalue weighted by Crippen LogP contribution is -2.16. The van der Waals surface area contributed by atoms with Crippen molar-refractivity contribution in [1.82, 2.24) is 15.1 Å². The molecule has 3 nitrogen and oxygen atoms in total. The molecule has 0 fully saturated rings. The van der Waals surface area contributed by atoms with Gasteiger partial charge in [0.15, 0.2) is 0 Å². The summed E-state index contributed by atoms with van der Waals surface area (Å²) in [7, 11) is 0. The first-order chi connectivity index (χ1) is 8.78. The Morgan fingerprint density at radius 1 is 1.22 bits per heavy atom. The third-order valence-electron chi connectivity index (χ3n) is 2.81. The topological polar surface area (TPSA) is 29.9 Å². The second-order valence-corrected chi connectivity index (χ2v) is 4.71. The van der Waals surface area contributed by atoms with E-state index >= 15 is 0 Å². The van der Waals surface area contributed by atoms with Gasteiger partial charge in [-0.3, -0.25) is 4.68 Å². The fraction of sp³-hybridized carbons (Fsp3) is 0.357. The molecule has 0 saturated carbocycles. The van der Waals surface area contributed by atoms with Gasteiger partial charge in [-0.15, -0.1) is 0 Å². The number of rotatable bonds is 6. The molecule has 0 amide bonds. The van der Waals surface area contributed by atoms with Crippen molar-refractivity contribution in [3.8, 4) is 0 Å². The SMILES string of the molecule is CCNCCc1ccc(Cn2cc(Cl)cn2)cc1. The molecule has 1 aromatic heterocycles. The third-order valence-corrected chi connectivity index (χ3v) is 3.00. The number of hydrogen-bond donors (Lipinski definition) is 1. The van der Waals surface area contributed by atoms with E-state index in [1.54, 1.807) is 6.20 Å². The molecule has 1 N–H and O–H groups in total. The van der Waals surface area contributed by atoms with Crippen LogP contribution in [0.5, 0.6) is 0 Å². The highest BCUT2D eigenvalue weighted by atomic mass is 35.5. The number of benzene rings is 1. The maximum Gasteiger partial charge on any atom is 0.0785 e. The van der Waals surface area contributed by atoms with Crippen molar-refractivity contribution in [3.63, 3.8) is 0 Å². The Labute approximate surface area is 113 Å². The van der Waals surface area contributed by atoms with E-state index in [2.05, 4.69) is 41.6 Å². The molecule has 0 bridgehead atoms. The Balaban J connectivity index is 1.91. The Morgan fingerprint density at radius 3 is 2.56 bits per heavy atom. The molecule has 0 aliphatic rings. The highest BCUT2D eigenvalue weighted by Crippen LogP contribution is 2.09. The van der Waals surface area contributed by atoms with Crippen LogP contribution in [-0.4, -0.2) is 22.9 Å². The maximum atomic E-state index is 5.83. The Bertz CT molecular complexity index is 476. The lowest BCUT2D eigenvalue weighted by Gasteiger charge is -2.05. The first kappa shape index (κ1) is 13.1.